The molecule has 0 spiro atoms. The zero-order valence-electron chi connectivity index (χ0n) is 22.7. The van der Waals surface area contributed by atoms with Gasteiger partial charge in [-0.1, -0.05) is 38.1 Å². The third kappa shape index (κ3) is 10.1. The predicted octanol–water partition coefficient (Wildman–Crippen LogP) is 1.64. The zero-order chi connectivity index (χ0) is 28.8. The summed E-state index contributed by atoms with van der Waals surface area (Å²) in [5.41, 5.74) is 24.7. The van der Waals surface area contributed by atoms with Crippen molar-refractivity contribution in [1.82, 2.24) is 10.6 Å². The van der Waals surface area contributed by atoms with Gasteiger partial charge in [0.05, 0.1) is 11.4 Å². The van der Waals surface area contributed by atoms with E-state index in [0.29, 0.717) is 28.1 Å². The summed E-state index contributed by atoms with van der Waals surface area (Å²) in [7, 11) is 0. The molecule has 0 fully saturated rings. The molecule has 0 aliphatic carbocycles. The van der Waals surface area contributed by atoms with Gasteiger partial charge in [0, 0.05) is 23.2 Å². The predicted molar refractivity (Wildman–Crippen MR) is 154 cm³/mol. The second-order valence-electron chi connectivity index (χ2n) is 8.10. The molecule has 0 unspecified atom stereocenters. The maximum absolute atomic E-state index is 12.8. The van der Waals surface area contributed by atoms with Gasteiger partial charge in [0.1, 0.15) is 0 Å². The Morgan fingerprint density at radius 2 is 1.03 bits per heavy atom. The molecule has 0 aliphatic heterocycles. The molecule has 2 aromatic rings. The van der Waals surface area contributed by atoms with Gasteiger partial charge in [-0.25, -0.2) is 0 Å². The van der Waals surface area contributed by atoms with Crippen molar-refractivity contribution < 1.29 is 9.59 Å². The lowest BCUT2D eigenvalue weighted by Gasteiger charge is -2.23. The highest BCUT2D eigenvalue weighted by Gasteiger charge is 2.19. The molecule has 2 amide bonds. The summed E-state index contributed by atoms with van der Waals surface area (Å²) in [6.07, 6.45) is 0. The normalized spacial score (nSPS) is 12.7. The molecule has 2 aromatic carbocycles. The van der Waals surface area contributed by atoms with Gasteiger partial charge >= 0.3 is 0 Å². The summed E-state index contributed by atoms with van der Waals surface area (Å²) in [5.74, 6) is -0.863. The minimum atomic E-state index is -0.352. The number of hydrogen-bond donors (Lipinski definition) is 6. The molecule has 0 aromatic heterocycles. The molecule has 0 bridgehead atoms. The lowest BCUT2D eigenvalue weighted by molar-refractivity contribution is 0.0892. The van der Waals surface area contributed by atoms with E-state index in [9.17, 15) is 9.59 Å². The number of nitrogens with one attached hydrogen (secondary N) is 2. The highest BCUT2D eigenvalue weighted by molar-refractivity contribution is 6.03. The van der Waals surface area contributed by atoms with E-state index >= 15 is 0 Å². The van der Waals surface area contributed by atoms with Crippen molar-refractivity contribution in [3.8, 4) is 0 Å². The highest BCUT2D eigenvalue weighted by Crippen LogP contribution is 2.10. The van der Waals surface area contributed by atoms with Crippen LogP contribution in [0.3, 0.4) is 0 Å². The molecular formula is C26H38N10O2. The van der Waals surface area contributed by atoms with Crippen molar-refractivity contribution in [2.24, 2.45) is 43.3 Å². The van der Waals surface area contributed by atoms with Crippen LogP contribution >= 0.6 is 0 Å². The summed E-state index contributed by atoms with van der Waals surface area (Å²) in [5, 5.41) is 20.9. The van der Waals surface area contributed by atoms with Gasteiger partial charge in [-0.15, -0.1) is 10.2 Å². The molecule has 38 heavy (non-hydrogen) atoms. The molecule has 2 atom stereocenters. The Morgan fingerprint density at radius 1 is 0.632 bits per heavy atom. The van der Waals surface area contributed by atoms with Crippen molar-refractivity contribution in [2.45, 2.75) is 53.6 Å². The fourth-order valence-corrected chi connectivity index (χ4v) is 2.96. The average Bonchev–Trinajstić information content (AvgIpc) is 2.91. The van der Waals surface area contributed by atoms with Gasteiger partial charge in [0.25, 0.3) is 11.8 Å². The fourth-order valence-electron chi connectivity index (χ4n) is 2.96. The summed E-state index contributed by atoms with van der Waals surface area (Å²) >= 11 is 0. The Labute approximate surface area is 223 Å². The monoisotopic (exact) mass is 522 g/mol. The number of carbonyl (C=O) groups is 2. The smallest absolute Gasteiger partial charge is 0.251 e. The Bertz CT molecular complexity index is 1210. The van der Waals surface area contributed by atoms with E-state index in [1.54, 1.807) is 62.4 Å². The van der Waals surface area contributed by atoms with Crippen LogP contribution in [-0.4, -0.2) is 47.2 Å². The molecule has 10 N–H and O–H groups in total. The summed E-state index contributed by atoms with van der Waals surface area (Å²) in [6, 6.07) is 13.0. The van der Waals surface area contributed by atoms with Crippen LogP contribution < -0.4 is 33.6 Å². The largest absolute Gasteiger partial charge is 0.369 e. The van der Waals surface area contributed by atoms with Crippen LogP contribution in [0.2, 0.25) is 0 Å². The standard InChI is InChI=1S/C24H32N10O2.C2H6/c1-13(29-21(35)18-10-8-17(9-11-18)15(3)31-33-23(25)26)14(2)30-22(36)20-7-5-6-19(12-20)16(4)32-34-24(27)28;1-2/h5-14H,1-4H3,(H,29,35)(H,30,36)(H4,25,26,33)(H4,27,28,34);1-2H3/b31-15+,32-16+;/t13-,14-;/m1./s1. The number of nitrogens with two attached hydrogens (primary N) is 4. The van der Waals surface area contributed by atoms with Crippen LogP contribution in [0.25, 0.3) is 0 Å². The van der Waals surface area contributed by atoms with Crippen LogP contribution in [0.15, 0.2) is 68.9 Å². The van der Waals surface area contributed by atoms with Gasteiger partial charge in [0.2, 0.25) is 11.9 Å². The Morgan fingerprint density at radius 3 is 1.50 bits per heavy atom. The van der Waals surface area contributed by atoms with Gasteiger partial charge in [-0.3, -0.25) is 9.59 Å². The van der Waals surface area contributed by atoms with E-state index in [4.69, 9.17) is 22.9 Å². The molecule has 0 aliphatic rings. The Kier molecular flexibility index (Phi) is 12.7. The van der Waals surface area contributed by atoms with E-state index in [2.05, 4.69) is 31.0 Å². The summed E-state index contributed by atoms with van der Waals surface area (Å²) in [6.45, 7) is 11.1. The van der Waals surface area contributed by atoms with Gasteiger partial charge < -0.3 is 33.6 Å². The first kappa shape index (κ1) is 31.3. The number of carbonyl (C=O) groups excluding carboxylic acids is 2. The van der Waals surface area contributed by atoms with E-state index in [1.165, 1.54) is 0 Å². The first-order valence-corrected chi connectivity index (χ1v) is 12.1. The van der Waals surface area contributed by atoms with E-state index in [0.717, 1.165) is 5.56 Å². The minimum Gasteiger partial charge on any atom is -0.369 e. The maximum Gasteiger partial charge on any atom is 0.251 e. The van der Waals surface area contributed by atoms with Crippen molar-refractivity contribution in [3.05, 3.63) is 70.8 Å². The van der Waals surface area contributed by atoms with Crippen molar-refractivity contribution in [2.75, 3.05) is 0 Å². The minimum absolute atomic E-state index is 0.139. The number of benzene rings is 2. The number of amides is 2. The molecule has 0 saturated carbocycles. The first-order valence-electron chi connectivity index (χ1n) is 12.1. The number of hydrogen-bond acceptors (Lipinski definition) is 6. The topological polar surface area (TPSA) is 212 Å². The van der Waals surface area contributed by atoms with Crippen molar-refractivity contribution in [3.63, 3.8) is 0 Å². The van der Waals surface area contributed by atoms with Crippen LogP contribution in [0, 0.1) is 0 Å². The van der Waals surface area contributed by atoms with Gasteiger partial charge in [-0.2, -0.15) is 10.2 Å². The lowest BCUT2D eigenvalue weighted by atomic mass is 10.1. The molecule has 204 valence electrons. The molecular weight excluding hydrogens is 484 g/mol. The van der Waals surface area contributed by atoms with E-state index in [1.807, 2.05) is 27.7 Å². The molecule has 0 heterocycles. The third-order valence-electron chi connectivity index (χ3n) is 5.21. The quantitative estimate of drug-likeness (QED) is 0.163. The van der Waals surface area contributed by atoms with E-state index < -0.39 is 0 Å². The fraction of sp³-hybridized carbons (Fsp3) is 0.308. The van der Waals surface area contributed by atoms with Crippen LogP contribution in [0.5, 0.6) is 0 Å². The zero-order valence-corrected chi connectivity index (χ0v) is 22.7. The molecule has 12 nitrogen and oxygen atoms in total. The first-order chi connectivity index (χ1) is 18.0. The van der Waals surface area contributed by atoms with Crippen molar-refractivity contribution >= 4 is 35.2 Å². The number of nitrogens with zero attached hydrogens (tertiary/aromatic N) is 4. The van der Waals surface area contributed by atoms with Crippen LogP contribution in [-0.2, 0) is 0 Å². The lowest BCUT2D eigenvalue weighted by Crippen LogP contribution is -2.48. The van der Waals surface area contributed by atoms with Crippen molar-refractivity contribution in [1.29, 1.82) is 0 Å². The number of guanidine groups is 2. The Hall–Kier alpha value is -4.74. The second-order valence-corrected chi connectivity index (χ2v) is 8.10. The molecule has 2 rings (SSSR count). The van der Waals surface area contributed by atoms with E-state index in [-0.39, 0.29) is 35.8 Å². The van der Waals surface area contributed by atoms with Crippen LogP contribution in [0.4, 0.5) is 0 Å². The average molecular weight is 523 g/mol. The molecule has 0 radical (unpaired) electrons. The van der Waals surface area contributed by atoms with Gasteiger partial charge in [0.15, 0.2) is 0 Å². The second kappa shape index (κ2) is 15.4. The van der Waals surface area contributed by atoms with Crippen LogP contribution in [0.1, 0.15) is 73.4 Å². The van der Waals surface area contributed by atoms with Gasteiger partial charge in [-0.05, 0) is 63.1 Å². The molecule has 0 saturated heterocycles. The maximum atomic E-state index is 12.8. The highest BCUT2D eigenvalue weighted by atomic mass is 16.2. The summed E-state index contributed by atoms with van der Waals surface area (Å²) < 4.78 is 0. The SMILES string of the molecule is C/C(=N\N=C(N)N)c1ccc(C(=O)N[C@H](C)[C@@H](C)NC(=O)c2cccc(/C(C)=N/N=C(N)N)c2)cc1.CC. The Balaban J connectivity index is 0.00000352. The molecule has 12 heteroatoms. The third-order valence-corrected chi connectivity index (χ3v) is 5.21. The number of rotatable bonds is 9. The summed E-state index contributed by atoms with van der Waals surface area (Å²) in [4.78, 5) is 25.5.